The highest BCUT2D eigenvalue weighted by Crippen LogP contribution is 2.22. The Hall–Kier alpha value is -1.25. The van der Waals surface area contributed by atoms with E-state index in [9.17, 15) is 4.39 Å². The lowest BCUT2D eigenvalue weighted by Gasteiger charge is -2.14. The van der Waals surface area contributed by atoms with E-state index in [0.29, 0.717) is 5.75 Å². The molecule has 0 aliphatic heterocycles. The first-order valence-electron chi connectivity index (χ1n) is 6.28. The quantitative estimate of drug-likeness (QED) is 0.721. The van der Waals surface area contributed by atoms with E-state index in [1.807, 2.05) is 6.92 Å². The van der Waals surface area contributed by atoms with Crippen molar-refractivity contribution in [3.63, 3.8) is 0 Å². The monoisotopic (exact) mass is 240 g/mol. The van der Waals surface area contributed by atoms with E-state index >= 15 is 0 Å². The van der Waals surface area contributed by atoms with Crippen molar-refractivity contribution in [3.8, 4) is 11.5 Å². The summed E-state index contributed by atoms with van der Waals surface area (Å²) < 4.78 is 18.6. The summed E-state index contributed by atoms with van der Waals surface area (Å²) in [5, 5.41) is 9.05. The first-order valence-corrected chi connectivity index (χ1v) is 6.28. The lowest BCUT2D eigenvalue weighted by molar-refractivity contribution is 0.205. The number of phenols is 1. The van der Waals surface area contributed by atoms with Gasteiger partial charge in [-0.25, -0.2) is 4.39 Å². The summed E-state index contributed by atoms with van der Waals surface area (Å²) >= 11 is 0. The number of rotatable bonds is 7. The largest absolute Gasteiger partial charge is 0.505 e. The molecule has 0 fully saturated rings. The maximum absolute atomic E-state index is 13.1. The molecular weight excluding hydrogens is 219 g/mol. The Bertz CT molecular complexity index is 339. The highest BCUT2D eigenvalue weighted by Gasteiger charge is 2.06. The van der Waals surface area contributed by atoms with E-state index in [-0.39, 0.29) is 11.9 Å². The number of halogens is 1. The Labute approximate surface area is 102 Å². The molecule has 1 atom stereocenters. The Balaban J connectivity index is 2.34. The minimum Gasteiger partial charge on any atom is -0.505 e. The predicted molar refractivity (Wildman–Crippen MR) is 66.9 cm³/mol. The van der Waals surface area contributed by atoms with Gasteiger partial charge in [0.2, 0.25) is 0 Å². The van der Waals surface area contributed by atoms with Gasteiger partial charge in [-0.3, -0.25) is 0 Å². The lowest BCUT2D eigenvalue weighted by Crippen LogP contribution is -2.11. The summed E-state index contributed by atoms with van der Waals surface area (Å²) in [6.45, 7) is 4.16. The molecule has 0 unspecified atom stereocenters. The van der Waals surface area contributed by atoms with Crippen molar-refractivity contribution < 1.29 is 14.2 Å². The van der Waals surface area contributed by atoms with Gasteiger partial charge in [0.1, 0.15) is 5.75 Å². The molecule has 17 heavy (non-hydrogen) atoms. The van der Waals surface area contributed by atoms with Crippen molar-refractivity contribution >= 4 is 0 Å². The summed E-state index contributed by atoms with van der Waals surface area (Å²) in [7, 11) is 0. The standard InChI is InChI=1S/C14H21FO2/c1-3-4-5-6-7-11(2)17-12-8-9-14(16)13(15)10-12/h8-11,16H,3-7H2,1-2H3/t11-/m0/s1. The predicted octanol–water partition coefficient (Wildman–Crippen LogP) is 4.27. The molecule has 0 bridgehead atoms. The normalized spacial score (nSPS) is 12.4. The Morgan fingerprint density at radius 2 is 2.06 bits per heavy atom. The van der Waals surface area contributed by atoms with E-state index < -0.39 is 5.82 Å². The Morgan fingerprint density at radius 3 is 2.71 bits per heavy atom. The van der Waals surface area contributed by atoms with Gasteiger partial charge in [-0.05, 0) is 31.9 Å². The first kappa shape index (κ1) is 13.8. The zero-order valence-electron chi connectivity index (χ0n) is 10.6. The Kier molecular flexibility index (Phi) is 5.81. The molecular formula is C14H21FO2. The van der Waals surface area contributed by atoms with E-state index in [2.05, 4.69) is 6.92 Å². The fraction of sp³-hybridized carbons (Fsp3) is 0.571. The molecule has 1 rings (SSSR count). The summed E-state index contributed by atoms with van der Waals surface area (Å²) in [5.41, 5.74) is 0. The molecule has 1 N–H and O–H groups in total. The molecule has 0 spiro atoms. The van der Waals surface area contributed by atoms with Crippen molar-refractivity contribution in [2.24, 2.45) is 0 Å². The third-order valence-corrected chi connectivity index (χ3v) is 2.72. The number of hydrogen-bond donors (Lipinski definition) is 1. The van der Waals surface area contributed by atoms with Crippen LogP contribution >= 0.6 is 0 Å². The first-order chi connectivity index (χ1) is 8.13. The van der Waals surface area contributed by atoms with Crippen LogP contribution in [0.25, 0.3) is 0 Å². The van der Waals surface area contributed by atoms with Crippen LogP contribution < -0.4 is 4.74 Å². The van der Waals surface area contributed by atoms with Crippen molar-refractivity contribution in [2.75, 3.05) is 0 Å². The van der Waals surface area contributed by atoms with E-state index in [1.165, 1.54) is 31.4 Å². The molecule has 0 aliphatic carbocycles. The zero-order chi connectivity index (χ0) is 12.7. The molecule has 0 heterocycles. The van der Waals surface area contributed by atoms with Crippen molar-refractivity contribution in [1.29, 1.82) is 0 Å². The van der Waals surface area contributed by atoms with Crippen LogP contribution in [0.1, 0.15) is 46.0 Å². The molecule has 0 amide bonds. The topological polar surface area (TPSA) is 29.5 Å². The van der Waals surface area contributed by atoms with Crippen molar-refractivity contribution in [2.45, 2.75) is 52.1 Å². The average molecular weight is 240 g/mol. The number of benzene rings is 1. The van der Waals surface area contributed by atoms with Crippen LogP contribution in [0.15, 0.2) is 18.2 Å². The van der Waals surface area contributed by atoms with Gasteiger partial charge in [-0.2, -0.15) is 0 Å². The second-order valence-corrected chi connectivity index (χ2v) is 4.39. The highest BCUT2D eigenvalue weighted by atomic mass is 19.1. The number of aromatic hydroxyl groups is 1. The number of ether oxygens (including phenoxy) is 1. The summed E-state index contributed by atoms with van der Waals surface area (Å²) in [4.78, 5) is 0. The molecule has 2 nitrogen and oxygen atoms in total. The van der Waals surface area contributed by atoms with Gasteiger partial charge >= 0.3 is 0 Å². The van der Waals surface area contributed by atoms with Gasteiger partial charge in [-0.1, -0.05) is 26.2 Å². The SMILES string of the molecule is CCCCCC[C@H](C)Oc1ccc(O)c(F)c1. The lowest BCUT2D eigenvalue weighted by atomic mass is 10.1. The van der Waals surface area contributed by atoms with Gasteiger partial charge in [0.15, 0.2) is 11.6 Å². The second-order valence-electron chi connectivity index (χ2n) is 4.39. The molecule has 96 valence electrons. The van der Waals surface area contributed by atoms with Crippen LogP contribution in [-0.4, -0.2) is 11.2 Å². The van der Waals surface area contributed by atoms with E-state index in [0.717, 1.165) is 12.8 Å². The Morgan fingerprint density at radius 1 is 1.29 bits per heavy atom. The number of hydrogen-bond acceptors (Lipinski definition) is 2. The molecule has 0 aromatic heterocycles. The molecule has 0 saturated heterocycles. The van der Waals surface area contributed by atoms with Gasteiger partial charge < -0.3 is 9.84 Å². The highest BCUT2D eigenvalue weighted by molar-refractivity contribution is 5.32. The molecule has 0 radical (unpaired) electrons. The summed E-state index contributed by atoms with van der Waals surface area (Å²) in [5.74, 6) is -0.503. The summed E-state index contributed by atoms with van der Waals surface area (Å²) in [6.07, 6.45) is 5.88. The van der Waals surface area contributed by atoms with Crippen LogP contribution in [0.3, 0.4) is 0 Å². The molecule has 3 heteroatoms. The third-order valence-electron chi connectivity index (χ3n) is 2.72. The van der Waals surface area contributed by atoms with E-state index in [1.54, 1.807) is 6.07 Å². The van der Waals surface area contributed by atoms with Crippen LogP contribution in [0.2, 0.25) is 0 Å². The maximum atomic E-state index is 13.1. The molecule has 1 aromatic carbocycles. The van der Waals surface area contributed by atoms with Crippen LogP contribution in [0.5, 0.6) is 11.5 Å². The third kappa shape index (κ3) is 5.07. The zero-order valence-corrected chi connectivity index (χ0v) is 10.6. The minimum atomic E-state index is -0.638. The van der Waals surface area contributed by atoms with Gasteiger partial charge in [0.05, 0.1) is 6.10 Å². The average Bonchev–Trinajstić information content (AvgIpc) is 2.30. The number of phenolic OH excluding ortho intramolecular Hbond substituents is 1. The van der Waals surface area contributed by atoms with Crippen LogP contribution in [-0.2, 0) is 0 Å². The minimum absolute atomic E-state index is 0.0794. The molecule has 0 aliphatic rings. The second kappa shape index (κ2) is 7.15. The molecule has 1 aromatic rings. The van der Waals surface area contributed by atoms with Crippen LogP contribution in [0, 0.1) is 5.82 Å². The van der Waals surface area contributed by atoms with Gasteiger partial charge in [-0.15, -0.1) is 0 Å². The fourth-order valence-electron chi connectivity index (χ4n) is 1.71. The smallest absolute Gasteiger partial charge is 0.168 e. The van der Waals surface area contributed by atoms with Gasteiger partial charge in [0, 0.05) is 6.07 Å². The molecule has 0 saturated carbocycles. The van der Waals surface area contributed by atoms with Crippen molar-refractivity contribution in [3.05, 3.63) is 24.0 Å². The summed E-state index contributed by atoms with van der Waals surface area (Å²) in [6, 6.07) is 4.12. The number of unbranched alkanes of at least 4 members (excludes halogenated alkanes) is 3. The van der Waals surface area contributed by atoms with Crippen LogP contribution in [0.4, 0.5) is 4.39 Å². The fourth-order valence-corrected chi connectivity index (χ4v) is 1.71. The van der Waals surface area contributed by atoms with Crippen molar-refractivity contribution in [1.82, 2.24) is 0 Å². The van der Waals surface area contributed by atoms with Gasteiger partial charge in [0.25, 0.3) is 0 Å². The maximum Gasteiger partial charge on any atom is 0.168 e. The van der Waals surface area contributed by atoms with E-state index in [4.69, 9.17) is 9.84 Å².